The third kappa shape index (κ3) is 4.22. The van der Waals surface area contributed by atoms with E-state index in [4.69, 9.17) is 4.74 Å². The zero-order valence-electron chi connectivity index (χ0n) is 12.5. The van der Waals surface area contributed by atoms with Gasteiger partial charge in [-0.15, -0.1) is 0 Å². The highest BCUT2D eigenvalue weighted by Gasteiger charge is 2.15. The van der Waals surface area contributed by atoms with E-state index < -0.39 is 0 Å². The van der Waals surface area contributed by atoms with Gasteiger partial charge in [-0.25, -0.2) is 0 Å². The molecule has 3 heteroatoms. The van der Waals surface area contributed by atoms with Gasteiger partial charge in [-0.3, -0.25) is 4.90 Å². The predicted molar refractivity (Wildman–Crippen MR) is 79.8 cm³/mol. The molecule has 0 bridgehead atoms. The molecule has 0 fully saturated rings. The van der Waals surface area contributed by atoms with Crippen molar-refractivity contribution in [2.24, 2.45) is 0 Å². The Morgan fingerprint density at radius 1 is 1.26 bits per heavy atom. The minimum absolute atomic E-state index is 0.804. The fraction of sp³-hybridized carbons (Fsp3) is 0.625. The van der Waals surface area contributed by atoms with Crippen molar-refractivity contribution >= 4 is 0 Å². The number of likely N-dealkylation sites (N-methyl/N-ethyl adjacent to an activating group) is 1. The zero-order chi connectivity index (χ0) is 13.7. The van der Waals surface area contributed by atoms with Crippen LogP contribution in [0.1, 0.15) is 24.5 Å². The topological polar surface area (TPSA) is 15.7 Å². The summed E-state index contributed by atoms with van der Waals surface area (Å²) >= 11 is 0. The minimum Gasteiger partial charge on any atom is -0.494 e. The first kappa shape index (κ1) is 14.4. The molecular weight excluding hydrogens is 236 g/mol. The van der Waals surface area contributed by atoms with Crippen LogP contribution < -0.4 is 4.74 Å². The number of nitrogens with zero attached hydrogens (tertiary/aromatic N) is 2. The molecule has 1 aliphatic heterocycles. The van der Waals surface area contributed by atoms with Crippen molar-refractivity contribution in [3.05, 3.63) is 29.3 Å². The molecule has 0 saturated heterocycles. The van der Waals surface area contributed by atoms with Gasteiger partial charge in [0.05, 0.1) is 6.61 Å². The van der Waals surface area contributed by atoms with Crippen LogP contribution in [0.4, 0.5) is 0 Å². The molecule has 1 aromatic rings. The lowest BCUT2D eigenvalue weighted by Crippen LogP contribution is -2.30. The Morgan fingerprint density at radius 3 is 2.84 bits per heavy atom. The number of benzene rings is 1. The Hall–Kier alpha value is -1.06. The first-order valence-corrected chi connectivity index (χ1v) is 7.30. The van der Waals surface area contributed by atoms with Crippen LogP contribution >= 0.6 is 0 Å². The first-order chi connectivity index (χ1) is 9.19. The standard InChI is InChI=1S/C16H26N2O/c1-4-18-10-8-14-12-16(7-6-15(14)13-18)19-11-5-9-17(2)3/h6-7,12H,4-5,8-11,13H2,1-3H3. The Balaban J connectivity index is 1.87. The molecule has 1 heterocycles. The van der Waals surface area contributed by atoms with Gasteiger partial charge >= 0.3 is 0 Å². The van der Waals surface area contributed by atoms with E-state index in [-0.39, 0.29) is 0 Å². The summed E-state index contributed by atoms with van der Waals surface area (Å²) in [6.45, 7) is 7.52. The van der Waals surface area contributed by atoms with Crippen LogP contribution in [0.25, 0.3) is 0 Å². The number of hydrogen-bond acceptors (Lipinski definition) is 3. The SMILES string of the molecule is CCN1CCc2cc(OCCCN(C)C)ccc2C1. The predicted octanol–water partition coefficient (Wildman–Crippen LogP) is 2.40. The minimum atomic E-state index is 0.804. The molecule has 0 atom stereocenters. The van der Waals surface area contributed by atoms with Crippen LogP contribution in [-0.2, 0) is 13.0 Å². The van der Waals surface area contributed by atoms with Gasteiger partial charge in [-0.05, 0) is 56.7 Å². The molecular formula is C16H26N2O. The molecule has 0 aromatic heterocycles. The van der Waals surface area contributed by atoms with Crippen LogP contribution in [0.3, 0.4) is 0 Å². The molecule has 1 aliphatic rings. The third-order valence-electron chi connectivity index (χ3n) is 3.73. The lowest BCUT2D eigenvalue weighted by atomic mass is 9.99. The van der Waals surface area contributed by atoms with Gasteiger partial charge in [0.2, 0.25) is 0 Å². The molecule has 106 valence electrons. The maximum absolute atomic E-state index is 5.84. The van der Waals surface area contributed by atoms with E-state index in [1.807, 2.05) is 0 Å². The molecule has 0 amide bonds. The fourth-order valence-corrected chi connectivity index (χ4v) is 2.52. The second-order valence-electron chi connectivity index (χ2n) is 5.55. The quantitative estimate of drug-likeness (QED) is 0.732. The second-order valence-corrected chi connectivity index (χ2v) is 5.55. The highest BCUT2D eigenvalue weighted by atomic mass is 16.5. The Bertz CT molecular complexity index is 404. The summed E-state index contributed by atoms with van der Waals surface area (Å²) in [7, 11) is 4.19. The summed E-state index contributed by atoms with van der Waals surface area (Å²) in [5.74, 6) is 1.03. The highest BCUT2D eigenvalue weighted by Crippen LogP contribution is 2.23. The van der Waals surface area contributed by atoms with Gasteiger partial charge in [0.1, 0.15) is 5.75 Å². The molecule has 0 unspecified atom stereocenters. The summed E-state index contributed by atoms with van der Waals surface area (Å²) < 4.78 is 5.84. The average molecular weight is 262 g/mol. The lowest BCUT2D eigenvalue weighted by molar-refractivity contribution is 0.264. The van der Waals surface area contributed by atoms with Crippen molar-refractivity contribution in [3.63, 3.8) is 0 Å². The lowest BCUT2D eigenvalue weighted by Gasteiger charge is -2.27. The van der Waals surface area contributed by atoms with Gasteiger partial charge in [0.15, 0.2) is 0 Å². The van der Waals surface area contributed by atoms with Crippen molar-refractivity contribution in [1.29, 1.82) is 0 Å². The van der Waals surface area contributed by atoms with Crippen LogP contribution in [0.5, 0.6) is 5.75 Å². The van der Waals surface area contributed by atoms with E-state index in [1.165, 1.54) is 17.7 Å². The normalized spacial score (nSPS) is 15.6. The van der Waals surface area contributed by atoms with Gasteiger partial charge in [-0.2, -0.15) is 0 Å². The van der Waals surface area contributed by atoms with E-state index >= 15 is 0 Å². The van der Waals surface area contributed by atoms with Crippen molar-refractivity contribution in [1.82, 2.24) is 9.80 Å². The molecule has 0 N–H and O–H groups in total. The van der Waals surface area contributed by atoms with Crippen LogP contribution in [0.2, 0.25) is 0 Å². The van der Waals surface area contributed by atoms with Crippen molar-refractivity contribution < 1.29 is 4.74 Å². The maximum Gasteiger partial charge on any atom is 0.119 e. The molecule has 0 saturated carbocycles. The van der Waals surface area contributed by atoms with Gasteiger partial charge < -0.3 is 9.64 Å². The van der Waals surface area contributed by atoms with Crippen LogP contribution in [0, 0.1) is 0 Å². The molecule has 3 nitrogen and oxygen atoms in total. The molecule has 0 aliphatic carbocycles. The van der Waals surface area contributed by atoms with Crippen molar-refractivity contribution in [3.8, 4) is 5.75 Å². The van der Waals surface area contributed by atoms with Crippen LogP contribution in [-0.4, -0.2) is 50.1 Å². The largest absolute Gasteiger partial charge is 0.494 e. The summed E-state index contributed by atoms with van der Waals surface area (Å²) in [5.41, 5.74) is 2.93. The van der Waals surface area contributed by atoms with Gasteiger partial charge in [0, 0.05) is 19.6 Å². The number of hydrogen-bond donors (Lipinski definition) is 0. The van der Waals surface area contributed by atoms with E-state index in [1.54, 1.807) is 0 Å². The van der Waals surface area contributed by atoms with E-state index in [9.17, 15) is 0 Å². The summed E-state index contributed by atoms with van der Waals surface area (Å²) in [5, 5.41) is 0. The average Bonchev–Trinajstić information content (AvgIpc) is 2.42. The van der Waals surface area contributed by atoms with E-state index in [0.717, 1.165) is 44.8 Å². The smallest absolute Gasteiger partial charge is 0.119 e. The van der Waals surface area contributed by atoms with E-state index in [2.05, 4.69) is 49.0 Å². The monoisotopic (exact) mass is 262 g/mol. The second kappa shape index (κ2) is 6.92. The number of ether oxygens (including phenoxy) is 1. The molecule has 19 heavy (non-hydrogen) atoms. The Morgan fingerprint density at radius 2 is 2.11 bits per heavy atom. The fourth-order valence-electron chi connectivity index (χ4n) is 2.52. The van der Waals surface area contributed by atoms with Crippen molar-refractivity contribution in [2.75, 3.05) is 40.3 Å². The van der Waals surface area contributed by atoms with Crippen molar-refractivity contribution in [2.45, 2.75) is 26.3 Å². The van der Waals surface area contributed by atoms with E-state index in [0.29, 0.717) is 0 Å². The van der Waals surface area contributed by atoms with Gasteiger partial charge in [-0.1, -0.05) is 13.0 Å². The number of fused-ring (bicyclic) bond motifs is 1. The zero-order valence-corrected chi connectivity index (χ0v) is 12.5. The maximum atomic E-state index is 5.84. The number of rotatable bonds is 6. The van der Waals surface area contributed by atoms with Crippen LogP contribution in [0.15, 0.2) is 18.2 Å². The summed E-state index contributed by atoms with van der Waals surface area (Å²) in [6.07, 6.45) is 2.23. The summed E-state index contributed by atoms with van der Waals surface area (Å²) in [4.78, 5) is 4.68. The highest BCUT2D eigenvalue weighted by molar-refractivity contribution is 5.37. The molecule has 0 spiro atoms. The van der Waals surface area contributed by atoms with Gasteiger partial charge in [0.25, 0.3) is 0 Å². The summed E-state index contributed by atoms with van der Waals surface area (Å²) in [6, 6.07) is 6.59. The molecule has 0 radical (unpaired) electrons. The third-order valence-corrected chi connectivity index (χ3v) is 3.73. The Labute approximate surface area is 117 Å². The molecule has 2 rings (SSSR count). The molecule has 1 aromatic carbocycles. The Kier molecular flexibility index (Phi) is 5.23. The first-order valence-electron chi connectivity index (χ1n) is 7.30.